The van der Waals surface area contributed by atoms with Gasteiger partial charge in [-0.05, 0) is 19.9 Å². The number of rotatable bonds is 3. The van der Waals surface area contributed by atoms with Crippen molar-refractivity contribution in [2.45, 2.75) is 49.5 Å². The topological polar surface area (TPSA) is 45.2 Å². The summed E-state index contributed by atoms with van der Waals surface area (Å²) in [5, 5.41) is 10.1. The monoisotopic (exact) mass is 261 g/mol. The number of piperidine rings is 1. The molecular formula is C15H19NO3. The van der Waals surface area contributed by atoms with Gasteiger partial charge in [0.05, 0.1) is 6.10 Å². The van der Waals surface area contributed by atoms with Crippen molar-refractivity contribution in [3.05, 3.63) is 35.9 Å². The van der Waals surface area contributed by atoms with Gasteiger partial charge in [0.2, 0.25) is 0 Å². The second-order valence-electron chi connectivity index (χ2n) is 5.86. The van der Waals surface area contributed by atoms with Crippen molar-refractivity contribution in [2.24, 2.45) is 0 Å². The smallest absolute Gasteiger partial charge is 0.181 e. The van der Waals surface area contributed by atoms with E-state index in [4.69, 9.17) is 9.47 Å². The van der Waals surface area contributed by atoms with Crippen LogP contribution in [0.25, 0.3) is 0 Å². The van der Waals surface area contributed by atoms with Gasteiger partial charge in [0, 0.05) is 17.6 Å². The average molecular weight is 261 g/mol. The number of epoxide rings is 1. The van der Waals surface area contributed by atoms with Crippen LogP contribution >= 0.6 is 0 Å². The van der Waals surface area contributed by atoms with E-state index in [1.165, 1.54) is 0 Å². The average Bonchev–Trinajstić information content (AvgIpc) is 3.18. The summed E-state index contributed by atoms with van der Waals surface area (Å²) in [6, 6.07) is 10.5. The van der Waals surface area contributed by atoms with Gasteiger partial charge >= 0.3 is 0 Å². The van der Waals surface area contributed by atoms with Gasteiger partial charge in [-0.2, -0.15) is 0 Å². The van der Waals surface area contributed by atoms with Crippen molar-refractivity contribution in [1.82, 2.24) is 4.90 Å². The molecule has 4 nitrogen and oxygen atoms in total. The second kappa shape index (κ2) is 4.28. The van der Waals surface area contributed by atoms with Gasteiger partial charge in [-0.1, -0.05) is 30.3 Å². The minimum Gasteiger partial charge on any atom is -0.366 e. The predicted molar refractivity (Wildman–Crippen MR) is 69.5 cm³/mol. The van der Waals surface area contributed by atoms with Crippen LogP contribution in [0.3, 0.4) is 0 Å². The van der Waals surface area contributed by atoms with Crippen LogP contribution in [0.5, 0.6) is 0 Å². The minimum atomic E-state index is -0.814. The molecule has 0 aromatic heterocycles. The zero-order valence-electron chi connectivity index (χ0n) is 11.0. The zero-order valence-corrected chi connectivity index (χ0v) is 11.0. The van der Waals surface area contributed by atoms with E-state index >= 15 is 0 Å². The molecular weight excluding hydrogens is 242 g/mol. The number of aliphatic hydroxyl groups excluding tert-OH is 1. The van der Waals surface area contributed by atoms with Crippen LogP contribution in [0, 0.1) is 0 Å². The molecule has 3 aliphatic rings. The lowest BCUT2D eigenvalue weighted by Crippen LogP contribution is -2.47. The highest BCUT2D eigenvalue weighted by Crippen LogP contribution is 2.48. The molecule has 4 rings (SSSR count). The number of ether oxygens (including phenoxy) is 2. The SMILES string of the molecule is CN1C2CC(OC(O)c3ccccc3)CC1[C@@H]1O[C@H]21. The fourth-order valence-corrected chi connectivity index (χ4v) is 3.69. The molecule has 3 saturated heterocycles. The fourth-order valence-electron chi connectivity index (χ4n) is 3.69. The van der Waals surface area contributed by atoms with Crippen molar-refractivity contribution >= 4 is 0 Å². The maximum atomic E-state index is 10.1. The zero-order chi connectivity index (χ0) is 13.0. The van der Waals surface area contributed by atoms with Gasteiger partial charge in [-0.3, -0.25) is 4.90 Å². The molecule has 0 saturated carbocycles. The van der Waals surface area contributed by atoms with Crippen LogP contribution in [0.4, 0.5) is 0 Å². The molecule has 6 atom stereocenters. The first kappa shape index (κ1) is 11.9. The molecule has 1 N–H and O–H groups in total. The van der Waals surface area contributed by atoms with E-state index in [0.29, 0.717) is 24.3 Å². The maximum absolute atomic E-state index is 10.1. The molecule has 0 amide bonds. The molecule has 19 heavy (non-hydrogen) atoms. The Morgan fingerprint density at radius 2 is 1.84 bits per heavy atom. The van der Waals surface area contributed by atoms with E-state index in [1.54, 1.807) is 0 Å². The molecule has 4 unspecified atom stereocenters. The quantitative estimate of drug-likeness (QED) is 0.658. The maximum Gasteiger partial charge on any atom is 0.181 e. The first-order chi connectivity index (χ1) is 9.24. The highest BCUT2D eigenvalue weighted by Gasteiger charge is 2.62. The number of hydrogen-bond acceptors (Lipinski definition) is 4. The Balaban J connectivity index is 1.42. The molecule has 4 heteroatoms. The van der Waals surface area contributed by atoms with Crippen LogP contribution in [0.15, 0.2) is 30.3 Å². The van der Waals surface area contributed by atoms with Gasteiger partial charge in [-0.25, -0.2) is 0 Å². The van der Waals surface area contributed by atoms with Gasteiger partial charge in [0.15, 0.2) is 6.29 Å². The number of nitrogens with zero attached hydrogens (tertiary/aromatic N) is 1. The number of hydrogen-bond donors (Lipinski definition) is 1. The Morgan fingerprint density at radius 3 is 2.47 bits per heavy atom. The molecule has 3 heterocycles. The number of aliphatic hydroxyl groups is 1. The highest BCUT2D eigenvalue weighted by molar-refractivity contribution is 5.17. The molecule has 2 bridgehead atoms. The number of benzene rings is 1. The normalized spacial score (nSPS) is 41.9. The molecule has 0 spiro atoms. The summed E-state index contributed by atoms with van der Waals surface area (Å²) < 4.78 is 11.5. The molecule has 1 aromatic carbocycles. The third kappa shape index (κ3) is 1.91. The Hall–Kier alpha value is -0.940. The molecule has 0 aliphatic carbocycles. The summed E-state index contributed by atoms with van der Waals surface area (Å²) in [6.45, 7) is 0. The molecule has 0 radical (unpaired) electrons. The molecule has 102 valence electrons. The van der Waals surface area contributed by atoms with E-state index in [1.807, 2.05) is 30.3 Å². The summed E-state index contributed by atoms with van der Waals surface area (Å²) in [5.41, 5.74) is 0.829. The summed E-state index contributed by atoms with van der Waals surface area (Å²) in [7, 11) is 2.18. The van der Waals surface area contributed by atoms with Crippen molar-refractivity contribution in [2.75, 3.05) is 7.05 Å². The van der Waals surface area contributed by atoms with Crippen LogP contribution in [0.1, 0.15) is 24.7 Å². The van der Waals surface area contributed by atoms with Crippen molar-refractivity contribution in [3.8, 4) is 0 Å². The van der Waals surface area contributed by atoms with E-state index in [0.717, 1.165) is 18.4 Å². The predicted octanol–water partition coefficient (Wildman–Crippen LogP) is 1.31. The summed E-state index contributed by atoms with van der Waals surface area (Å²) in [4.78, 5) is 2.42. The van der Waals surface area contributed by atoms with Crippen molar-refractivity contribution in [1.29, 1.82) is 0 Å². The lowest BCUT2D eigenvalue weighted by Gasteiger charge is -2.38. The Labute approximate surface area is 112 Å². The van der Waals surface area contributed by atoms with Gasteiger partial charge < -0.3 is 14.6 Å². The van der Waals surface area contributed by atoms with E-state index in [9.17, 15) is 5.11 Å². The van der Waals surface area contributed by atoms with Crippen LogP contribution in [0.2, 0.25) is 0 Å². The Kier molecular flexibility index (Phi) is 2.67. The minimum absolute atomic E-state index is 0.137. The summed E-state index contributed by atoms with van der Waals surface area (Å²) >= 11 is 0. The standard InChI is InChI=1S/C15H19NO3/c1-16-11-7-10(8-12(16)14-13(11)19-14)18-15(17)9-5-3-2-4-6-9/h2-6,10-15,17H,7-8H2,1H3/t10?,11?,12?,13-,14+,15?. The largest absolute Gasteiger partial charge is 0.366 e. The molecule has 3 fully saturated rings. The van der Waals surface area contributed by atoms with Gasteiger partial charge in [0.25, 0.3) is 0 Å². The third-order valence-electron chi connectivity index (χ3n) is 4.78. The van der Waals surface area contributed by atoms with Gasteiger partial charge in [-0.15, -0.1) is 0 Å². The number of fused-ring (bicyclic) bond motifs is 5. The first-order valence-electron chi connectivity index (χ1n) is 7.00. The molecule has 1 aromatic rings. The summed E-state index contributed by atoms with van der Waals surface area (Å²) in [6.07, 6.45) is 2.06. The van der Waals surface area contributed by atoms with Gasteiger partial charge in [0.1, 0.15) is 12.2 Å². The van der Waals surface area contributed by atoms with Crippen molar-refractivity contribution in [3.63, 3.8) is 0 Å². The lowest BCUT2D eigenvalue weighted by molar-refractivity contribution is -0.163. The summed E-state index contributed by atoms with van der Waals surface area (Å²) in [5.74, 6) is 0. The number of morpholine rings is 1. The first-order valence-corrected chi connectivity index (χ1v) is 7.00. The highest BCUT2D eigenvalue weighted by atomic mass is 16.6. The lowest BCUT2D eigenvalue weighted by atomic mass is 9.99. The Morgan fingerprint density at radius 1 is 1.21 bits per heavy atom. The van der Waals surface area contributed by atoms with E-state index < -0.39 is 6.29 Å². The second-order valence-corrected chi connectivity index (χ2v) is 5.86. The van der Waals surface area contributed by atoms with Crippen LogP contribution < -0.4 is 0 Å². The van der Waals surface area contributed by atoms with Crippen LogP contribution in [-0.2, 0) is 9.47 Å². The molecule has 3 aliphatic heterocycles. The fraction of sp³-hybridized carbons (Fsp3) is 0.600. The van der Waals surface area contributed by atoms with E-state index in [2.05, 4.69) is 11.9 Å². The van der Waals surface area contributed by atoms with E-state index in [-0.39, 0.29) is 6.10 Å². The number of likely N-dealkylation sites (N-methyl/N-ethyl adjacent to an activating group) is 1. The van der Waals surface area contributed by atoms with Crippen molar-refractivity contribution < 1.29 is 14.6 Å². The Bertz CT molecular complexity index is 448. The van der Waals surface area contributed by atoms with Crippen LogP contribution in [-0.4, -0.2) is 47.4 Å². The third-order valence-corrected chi connectivity index (χ3v) is 4.78.